The molecule has 0 bridgehead atoms. The number of aromatic nitrogens is 3. The quantitative estimate of drug-likeness (QED) is 0.292. The highest BCUT2D eigenvalue weighted by Crippen LogP contribution is 2.40. The van der Waals surface area contributed by atoms with E-state index in [2.05, 4.69) is 58.7 Å². The molecule has 5 aromatic rings. The molecule has 0 saturated heterocycles. The number of benzene rings is 3. The molecule has 1 aliphatic heterocycles. The second-order valence-corrected chi connectivity index (χ2v) is 8.63. The average Bonchev–Trinajstić information content (AvgIpc) is 3.60. The van der Waals surface area contributed by atoms with E-state index in [1.807, 2.05) is 65.5 Å². The van der Waals surface area contributed by atoms with Crippen LogP contribution in [-0.4, -0.2) is 27.6 Å². The van der Waals surface area contributed by atoms with Crippen molar-refractivity contribution in [2.75, 3.05) is 12.1 Å². The van der Waals surface area contributed by atoms with Gasteiger partial charge in [0.05, 0.1) is 35.9 Å². The first-order chi connectivity index (χ1) is 17.8. The number of rotatable bonds is 6. The lowest BCUT2D eigenvalue weighted by Gasteiger charge is -2.23. The van der Waals surface area contributed by atoms with Crippen LogP contribution < -0.4 is 9.75 Å². The molecule has 6 rings (SSSR count). The minimum atomic E-state index is -0.0304. The van der Waals surface area contributed by atoms with Crippen LogP contribution in [0, 0.1) is 0 Å². The summed E-state index contributed by atoms with van der Waals surface area (Å²) in [5.41, 5.74) is 7.14. The van der Waals surface area contributed by atoms with Crippen molar-refractivity contribution < 1.29 is 4.74 Å². The number of pyridine rings is 1. The molecular weight excluding hydrogens is 446 g/mol. The highest BCUT2D eigenvalue weighted by atomic mass is 16.5. The van der Waals surface area contributed by atoms with E-state index in [1.54, 1.807) is 13.3 Å². The van der Waals surface area contributed by atoms with Crippen LogP contribution >= 0.6 is 0 Å². The standard InChI is InChI=1S/C30H25N5O/c1-36-26-16-14-22(15-17-26)28-19-29(35(32-28)25-12-6-3-7-13-25)27-21-34(24-10-4-2-5-11-24)33-30(27)23-9-8-18-31-20-23/h2-18,20-21,29H,19H2,1H3. The van der Waals surface area contributed by atoms with E-state index in [0.29, 0.717) is 0 Å². The molecule has 1 unspecified atom stereocenters. The molecule has 1 aliphatic rings. The number of hydrogen-bond acceptors (Lipinski definition) is 5. The maximum absolute atomic E-state index is 5.36. The summed E-state index contributed by atoms with van der Waals surface area (Å²) in [5, 5.41) is 12.3. The van der Waals surface area contributed by atoms with Crippen molar-refractivity contribution in [2.24, 2.45) is 5.10 Å². The van der Waals surface area contributed by atoms with Gasteiger partial charge in [-0.15, -0.1) is 0 Å². The zero-order chi connectivity index (χ0) is 24.3. The van der Waals surface area contributed by atoms with Gasteiger partial charge in [-0.1, -0.05) is 36.4 Å². The van der Waals surface area contributed by atoms with Crippen molar-refractivity contribution in [1.29, 1.82) is 0 Å². The highest BCUT2D eigenvalue weighted by Gasteiger charge is 2.33. The fourth-order valence-corrected chi connectivity index (χ4v) is 4.60. The minimum Gasteiger partial charge on any atom is -0.497 e. The fourth-order valence-electron chi connectivity index (χ4n) is 4.60. The molecule has 0 saturated carbocycles. The van der Waals surface area contributed by atoms with Gasteiger partial charge in [0, 0.05) is 36.1 Å². The van der Waals surface area contributed by atoms with E-state index in [-0.39, 0.29) is 6.04 Å². The molecule has 0 fully saturated rings. The number of para-hydroxylation sites is 2. The molecule has 3 heterocycles. The Morgan fingerprint density at radius 1 is 0.778 bits per heavy atom. The molecular formula is C30H25N5O. The first kappa shape index (κ1) is 21.8. The molecule has 0 spiro atoms. The van der Waals surface area contributed by atoms with E-state index in [4.69, 9.17) is 14.9 Å². The lowest BCUT2D eigenvalue weighted by Crippen LogP contribution is -2.18. The van der Waals surface area contributed by atoms with Crippen LogP contribution in [0.15, 0.2) is 121 Å². The van der Waals surface area contributed by atoms with Crippen molar-refractivity contribution in [3.05, 3.63) is 127 Å². The predicted molar refractivity (Wildman–Crippen MR) is 143 cm³/mol. The van der Waals surface area contributed by atoms with E-state index in [9.17, 15) is 0 Å². The van der Waals surface area contributed by atoms with Gasteiger partial charge in [-0.25, -0.2) is 4.68 Å². The van der Waals surface area contributed by atoms with Gasteiger partial charge in [0.25, 0.3) is 0 Å². The Bertz CT molecular complexity index is 1480. The van der Waals surface area contributed by atoms with Crippen LogP contribution in [0.2, 0.25) is 0 Å². The van der Waals surface area contributed by atoms with Gasteiger partial charge in [-0.05, 0) is 66.2 Å². The summed E-state index contributed by atoms with van der Waals surface area (Å²) in [6, 6.07) is 32.6. The smallest absolute Gasteiger partial charge is 0.118 e. The maximum Gasteiger partial charge on any atom is 0.118 e. The number of methoxy groups -OCH3 is 1. The third-order valence-corrected chi connectivity index (χ3v) is 6.41. The zero-order valence-corrected chi connectivity index (χ0v) is 19.9. The molecule has 6 heteroatoms. The summed E-state index contributed by atoms with van der Waals surface area (Å²) in [4.78, 5) is 4.36. The van der Waals surface area contributed by atoms with Crippen molar-refractivity contribution in [3.8, 4) is 22.7 Å². The zero-order valence-electron chi connectivity index (χ0n) is 19.9. The normalized spacial score (nSPS) is 15.1. The molecule has 1 atom stereocenters. The van der Waals surface area contributed by atoms with Gasteiger partial charge < -0.3 is 4.74 Å². The third-order valence-electron chi connectivity index (χ3n) is 6.41. The average molecular weight is 472 g/mol. The summed E-state index contributed by atoms with van der Waals surface area (Å²) in [6.45, 7) is 0. The Kier molecular flexibility index (Phi) is 5.75. The topological polar surface area (TPSA) is 55.5 Å². The molecule has 2 aromatic heterocycles. The number of hydrazone groups is 1. The van der Waals surface area contributed by atoms with Gasteiger partial charge in [0.2, 0.25) is 0 Å². The maximum atomic E-state index is 5.36. The number of anilines is 1. The van der Waals surface area contributed by atoms with Gasteiger partial charge in [-0.2, -0.15) is 10.2 Å². The summed E-state index contributed by atoms with van der Waals surface area (Å²) in [5.74, 6) is 0.830. The molecule has 0 amide bonds. The molecule has 0 N–H and O–H groups in total. The van der Waals surface area contributed by atoms with Crippen LogP contribution in [0.25, 0.3) is 16.9 Å². The third kappa shape index (κ3) is 4.14. The van der Waals surface area contributed by atoms with E-state index in [1.165, 1.54) is 0 Å². The Labute approximate surface area is 210 Å². The molecule has 176 valence electrons. The summed E-state index contributed by atoms with van der Waals surface area (Å²) in [7, 11) is 1.68. The Balaban J connectivity index is 1.47. The van der Waals surface area contributed by atoms with Crippen molar-refractivity contribution >= 4 is 11.4 Å². The van der Waals surface area contributed by atoms with Crippen LogP contribution in [0.1, 0.15) is 23.6 Å². The molecule has 0 radical (unpaired) electrons. The Morgan fingerprint density at radius 3 is 2.17 bits per heavy atom. The monoisotopic (exact) mass is 471 g/mol. The highest BCUT2D eigenvalue weighted by molar-refractivity contribution is 6.03. The van der Waals surface area contributed by atoms with E-state index in [0.717, 1.165) is 51.6 Å². The molecule has 36 heavy (non-hydrogen) atoms. The first-order valence-corrected chi connectivity index (χ1v) is 11.9. The van der Waals surface area contributed by atoms with Crippen molar-refractivity contribution in [1.82, 2.24) is 14.8 Å². The Hall–Kier alpha value is -4.71. The summed E-state index contributed by atoms with van der Waals surface area (Å²) >= 11 is 0. The predicted octanol–water partition coefficient (Wildman–Crippen LogP) is 6.30. The van der Waals surface area contributed by atoms with Gasteiger partial charge in [-0.3, -0.25) is 9.99 Å². The number of nitrogens with zero attached hydrogens (tertiary/aromatic N) is 5. The van der Waals surface area contributed by atoms with Crippen LogP contribution in [-0.2, 0) is 0 Å². The fraction of sp³-hybridized carbons (Fsp3) is 0.100. The van der Waals surface area contributed by atoms with Crippen LogP contribution in [0.3, 0.4) is 0 Å². The minimum absolute atomic E-state index is 0.0304. The van der Waals surface area contributed by atoms with E-state index >= 15 is 0 Å². The second kappa shape index (κ2) is 9.50. The second-order valence-electron chi connectivity index (χ2n) is 8.63. The largest absolute Gasteiger partial charge is 0.497 e. The SMILES string of the molecule is COc1ccc(C2=NN(c3ccccc3)C(c3cn(-c4ccccc4)nc3-c3cccnc3)C2)cc1. The van der Waals surface area contributed by atoms with Gasteiger partial charge in [0.15, 0.2) is 0 Å². The molecule has 0 aliphatic carbocycles. The summed E-state index contributed by atoms with van der Waals surface area (Å²) in [6.07, 6.45) is 6.53. The number of ether oxygens (including phenoxy) is 1. The van der Waals surface area contributed by atoms with E-state index < -0.39 is 0 Å². The lowest BCUT2D eigenvalue weighted by atomic mass is 9.96. The first-order valence-electron chi connectivity index (χ1n) is 11.9. The lowest BCUT2D eigenvalue weighted by molar-refractivity contribution is 0.415. The van der Waals surface area contributed by atoms with Crippen LogP contribution in [0.5, 0.6) is 5.75 Å². The van der Waals surface area contributed by atoms with Crippen molar-refractivity contribution in [3.63, 3.8) is 0 Å². The van der Waals surface area contributed by atoms with Crippen LogP contribution in [0.4, 0.5) is 5.69 Å². The molecule has 6 nitrogen and oxygen atoms in total. The van der Waals surface area contributed by atoms with Gasteiger partial charge >= 0.3 is 0 Å². The molecule has 3 aromatic carbocycles. The van der Waals surface area contributed by atoms with Gasteiger partial charge in [0.1, 0.15) is 5.75 Å². The summed E-state index contributed by atoms with van der Waals surface area (Å²) < 4.78 is 7.31. The Morgan fingerprint density at radius 2 is 1.50 bits per heavy atom. The number of hydrogen-bond donors (Lipinski definition) is 0. The van der Waals surface area contributed by atoms with Crippen molar-refractivity contribution in [2.45, 2.75) is 12.5 Å².